The fraction of sp³-hybridized carbons (Fsp3) is 0.538. The lowest BCUT2D eigenvalue weighted by Gasteiger charge is -2.25. The van der Waals surface area contributed by atoms with Crippen molar-refractivity contribution in [3.8, 4) is 0 Å². The highest BCUT2D eigenvalue weighted by Crippen LogP contribution is 2.35. The van der Waals surface area contributed by atoms with Gasteiger partial charge in [0.05, 0.1) is 23.7 Å². The van der Waals surface area contributed by atoms with Crippen LogP contribution in [0.4, 0.5) is 11.4 Å². The zero-order chi connectivity index (χ0) is 14.0. The minimum Gasteiger partial charge on any atom is -0.394 e. The summed E-state index contributed by atoms with van der Waals surface area (Å²) in [5.74, 6) is 0. The van der Waals surface area contributed by atoms with Gasteiger partial charge >= 0.3 is 0 Å². The zero-order valence-corrected chi connectivity index (χ0v) is 10.8. The SMILES string of the molecule is C[C@@H](O)c1ccc(N2CCCC2CO)c([N+](=O)[O-])c1. The molecule has 1 aliphatic rings. The maximum absolute atomic E-state index is 11.2. The van der Waals surface area contributed by atoms with Crippen molar-refractivity contribution in [3.05, 3.63) is 33.9 Å². The highest BCUT2D eigenvalue weighted by Gasteiger charge is 2.29. The third-order valence-corrected chi connectivity index (χ3v) is 3.58. The van der Waals surface area contributed by atoms with Crippen LogP contribution < -0.4 is 4.90 Å². The van der Waals surface area contributed by atoms with E-state index >= 15 is 0 Å². The van der Waals surface area contributed by atoms with Crippen LogP contribution >= 0.6 is 0 Å². The molecule has 1 saturated heterocycles. The minimum atomic E-state index is -0.736. The summed E-state index contributed by atoms with van der Waals surface area (Å²) in [5, 5.41) is 30.0. The van der Waals surface area contributed by atoms with E-state index in [1.54, 1.807) is 19.1 Å². The Bertz CT molecular complexity index is 476. The molecule has 1 aromatic carbocycles. The van der Waals surface area contributed by atoms with Crippen LogP contribution in [0, 0.1) is 10.1 Å². The molecular formula is C13H18N2O4. The van der Waals surface area contributed by atoms with Gasteiger partial charge in [-0.15, -0.1) is 0 Å². The fourth-order valence-electron chi connectivity index (χ4n) is 2.53. The average Bonchev–Trinajstić information content (AvgIpc) is 2.85. The van der Waals surface area contributed by atoms with Crippen LogP contribution in [0.2, 0.25) is 0 Å². The number of aliphatic hydroxyl groups is 2. The lowest BCUT2D eigenvalue weighted by atomic mass is 10.1. The third kappa shape index (κ3) is 2.69. The van der Waals surface area contributed by atoms with Gasteiger partial charge < -0.3 is 15.1 Å². The second kappa shape index (κ2) is 5.54. The van der Waals surface area contributed by atoms with Gasteiger partial charge in [-0.2, -0.15) is 0 Å². The first-order valence-electron chi connectivity index (χ1n) is 6.38. The molecule has 0 spiro atoms. The minimum absolute atomic E-state index is 0.00465. The second-order valence-corrected chi connectivity index (χ2v) is 4.85. The third-order valence-electron chi connectivity index (χ3n) is 3.58. The van der Waals surface area contributed by atoms with E-state index in [-0.39, 0.29) is 18.3 Å². The van der Waals surface area contributed by atoms with Crippen molar-refractivity contribution in [1.82, 2.24) is 0 Å². The molecule has 0 saturated carbocycles. The molecule has 2 N–H and O–H groups in total. The number of rotatable bonds is 4. The van der Waals surface area contributed by atoms with Crippen LogP contribution in [-0.4, -0.2) is 34.3 Å². The molecule has 1 fully saturated rings. The van der Waals surface area contributed by atoms with E-state index in [9.17, 15) is 20.3 Å². The van der Waals surface area contributed by atoms with Crippen LogP contribution in [0.5, 0.6) is 0 Å². The molecule has 0 bridgehead atoms. The number of nitro benzene ring substituents is 1. The Balaban J connectivity index is 2.42. The van der Waals surface area contributed by atoms with Gasteiger partial charge in [0.1, 0.15) is 5.69 Å². The van der Waals surface area contributed by atoms with E-state index in [1.165, 1.54) is 6.07 Å². The first-order valence-corrected chi connectivity index (χ1v) is 6.38. The van der Waals surface area contributed by atoms with E-state index in [4.69, 9.17) is 0 Å². The monoisotopic (exact) mass is 266 g/mol. The Kier molecular flexibility index (Phi) is 4.01. The number of hydrogen-bond donors (Lipinski definition) is 2. The summed E-state index contributed by atoms with van der Waals surface area (Å²) in [6.07, 6.45) is 1.02. The molecule has 0 radical (unpaired) electrons. The van der Waals surface area contributed by atoms with Gasteiger partial charge in [-0.1, -0.05) is 6.07 Å². The molecule has 1 unspecified atom stereocenters. The van der Waals surface area contributed by atoms with Crippen molar-refractivity contribution >= 4 is 11.4 Å². The average molecular weight is 266 g/mol. The number of hydrogen-bond acceptors (Lipinski definition) is 5. The van der Waals surface area contributed by atoms with Gasteiger partial charge in [-0.3, -0.25) is 10.1 Å². The topological polar surface area (TPSA) is 86.8 Å². The number of nitrogens with zero attached hydrogens (tertiary/aromatic N) is 2. The second-order valence-electron chi connectivity index (χ2n) is 4.85. The molecular weight excluding hydrogens is 248 g/mol. The van der Waals surface area contributed by atoms with Gasteiger partial charge in [0.25, 0.3) is 5.69 Å². The van der Waals surface area contributed by atoms with Crippen molar-refractivity contribution in [2.24, 2.45) is 0 Å². The van der Waals surface area contributed by atoms with Gasteiger partial charge in [-0.25, -0.2) is 0 Å². The molecule has 0 aliphatic carbocycles. The van der Waals surface area contributed by atoms with Gasteiger partial charge in [-0.05, 0) is 31.4 Å². The Morgan fingerprint density at radius 1 is 1.58 bits per heavy atom. The van der Waals surface area contributed by atoms with Gasteiger partial charge in [0.2, 0.25) is 0 Å². The maximum atomic E-state index is 11.2. The highest BCUT2D eigenvalue weighted by atomic mass is 16.6. The zero-order valence-electron chi connectivity index (χ0n) is 10.8. The number of nitro groups is 1. The summed E-state index contributed by atoms with van der Waals surface area (Å²) in [6, 6.07) is 4.71. The molecule has 19 heavy (non-hydrogen) atoms. The summed E-state index contributed by atoms with van der Waals surface area (Å²) in [7, 11) is 0. The Morgan fingerprint density at radius 2 is 2.32 bits per heavy atom. The Labute approximate surface area is 111 Å². The fourth-order valence-corrected chi connectivity index (χ4v) is 2.53. The summed E-state index contributed by atoms with van der Waals surface area (Å²) in [5.41, 5.74) is 1.03. The first kappa shape index (κ1) is 13.8. The largest absolute Gasteiger partial charge is 0.394 e. The quantitative estimate of drug-likeness (QED) is 0.638. The van der Waals surface area contributed by atoms with E-state index < -0.39 is 11.0 Å². The van der Waals surface area contributed by atoms with Crippen molar-refractivity contribution in [2.75, 3.05) is 18.1 Å². The van der Waals surface area contributed by atoms with Gasteiger partial charge in [0.15, 0.2) is 0 Å². The van der Waals surface area contributed by atoms with Crippen LogP contribution in [0.25, 0.3) is 0 Å². The smallest absolute Gasteiger partial charge is 0.292 e. The highest BCUT2D eigenvalue weighted by molar-refractivity contribution is 5.65. The summed E-state index contributed by atoms with van der Waals surface area (Å²) < 4.78 is 0. The number of anilines is 1. The van der Waals surface area contributed by atoms with Gasteiger partial charge in [0, 0.05) is 12.6 Å². The molecule has 1 aliphatic heterocycles. The van der Waals surface area contributed by atoms with E-state index in [0.717, 1.165) is 12.8 Å². The molecule has 2 atom stereocenters. The predicted octanol–water partition coefficient (Wildman–Crippen LogP) is 1.61. The van der Waals surface area contributed by atoms with Crippen LogP contribution in [-0.2, 0) is 0 Å². The number of aliphatic hydroxyl groups excluding tert-OH is 2. The molecule has 6 nitrogen and oxygen atoms in total. The Morgan fingerprint density at radius 3 is 2.89 bits per heavy atom. The molecule has 2 rings (SSSR count). The van der Waals surface area contributed by atoms with E-state index in [2.05, 4.69) is 0 Å². The lowest BCUT2D eigenvalue weighted by molar-refractivity contribution is -0.384. The maximum Gasteiger partial charge on any atom is 0.292 e. The standard InChI is InChI=1S/C13H18N2O4/c1-9(17)10-4-5-12(13(7-10)15(18)19)14-6-2-3-11(14)8-16/h4-5,7,9,11,16-17H,2-3,6,8H2,1H3/t9-,11?/m1/s1. The van der Waals surface area contributed by atoms with Crippen LogP contribution in [0.1, 0.15) is 31.4 Å². The van der Waals surface area contributed by atoms with Crippen LogP contribution in [0.3, 0.4) is 0 Å². The first-order chi connectivity index (χ1) is 9.04. The van der Waals surface area contributed by atoms with E-state index in [1.807, 2.05) is 4.90 Å². The van der Waals surface area contributed by atoms with E-state index in [0.29, 0.717) is 17.8 Å². The molecule has 6 heteroatoms. The summed E-state index contributed by atoms with van der Waals surface area (Å²) >= 11 is 0. The van der Waals surface area contributed by atoms with Crippen molar-refractivity contribution in [2.45, 2.75) is 31.9 Å². The van der Waals surface area contributed by atoms with Crippen molar-refractivity contribution in [1.29, 1.82) is 0 Å². The number of benzene rings is 1. The normalized spacial score (nSPS) is 20.6. The van der Waals surface area contributed by atoms with Crippen molar-refractivity contribution in [3.63, 3.8) is 0 Å². The molecule has 0 aromatic heterocycles. The predicted molar refractivity (Wildman–Crippen MR) is 71.2 cm³/mol. The summed E-state index contributed by atoms with van der Waals surface area (Å²) in [6.45, 7) is 2.28. The molecule has 0 amide bonds. The molecule has 1 aromatic rings. The molecule has 104 valence electrons. The van der Waals surface area contributed by atoms with Crippen molar-refractivity contribution < 1.29 is 15.1 Å². The Hall–Kier alpha value is -1.66. The summed E-state index contributed by atoms with van der Waals surface area (Å²) in [4.78, 5) is 12.6. The lowest BCUT2D eigenvalue weighted by Crippen LogP contribution is -2.32. The van der Waals surface area contributed by atoms with Crippen LogP contribution in [0.15, 0.2) is 18.2 Å². The molecule has 1 heterocycles.